The van der Waals surface area contributed by atoms with E-state index in [1.54, 1.807) is 4.68 Å². The Morgan fingerprint density at radius 2 is 2.06 bits per heavy atom. The first kappa shape index (κ1) is 21.6. The molecule has 8 heteroatoms. The Morgan fingerprint density at radius 3 is 2.82 bits per heavy atom. The Morgan fingerprint density at radius 1 is 1.21 bits per heavy atom. The minimum Gasteiger partial charge on any atom is -0.489 e. The second kappa shape index (κ2) is 8.92. The van der Waals surface area contributed by atoms with Crippen LogP contribution in [-0.2, 0) is 18.3 Å². The third-order valence-electron chi connectivity index (χ3n) is 6.73. The van der Waals surface area contributed by atoms with E-state index in [9.17, 15) is 9.90 Å². The van der Waals surface area contributed by atoms with Crippen LogP contribution in [0.5, 0.6) is 5.75 Å². The van der Waals surface area contributed by atoms with Crippen LogP contribution in [0.4, 0.5) is 0 Å². The second-order valence-corrected chi connectivity index (χ2v) is 9.26. The largest absolute Gasteiger partial charge is 0.489 e. The molecule has 0 bridgehead atoms. The summed E-state index contributed by atoms with van der Waals surface area (Å²) in [5.41, 5.74) is 5.58. The van der Waals surface area contributed by atoms with Gasteiger partial charge in [0.15, 0.2) is 0 Å². The van der Waals surface area contributed by atoms with Crippen LogP contribution in [0.25, 0.3) is 11.4 Å². The van der Waals surface area contributed by atoms with Crippen LogP contribution in [0, 0.1) is 12.8 Å². The van der Waals surface area contributed by atoms with Crippen molar-refractivity contribution in [2.24, 2.45) is 13.0 Å². The van der Waals surface area contributed by atoms with Gasteiger partial charge in [-0.05, 0) is 81.2 Å². The Bertz CT molecular complexity index is 1170. The zero-order chi connectivity index (χ0) is 22.9. The van der Waals surface area contributed by atoms with Crippen molar-refractivity contribution in [1.82, 2.24) is 25.0 Å². The first-order chi connectivity index (χ1) is 16.0. The van der Waals surface area contributed by atoms with E-state index in [-0.39, 0.29) is 12.0 Å². The van der Waals surface area contributed by atoms with Gasteiger partial charge >= 0.3 is 5.97 Å². The molecule has 0 saturated heterocycles. The zero-order valence-corrected chi connectivity index (χ0v) is 19.1. The minimum atomic E-state index is -0.735. The molecule has 8 nitrogen and oxygen atoms in total. The number of ether oxygens (including phenoxy) is 1. The number of nitrogens with zero attached hydrogens (tertiary/aromatic N) is 5. The van der Waals surface area contributed by atoms with Crippen LogP contribution < -0.4 is 4.74 Å². The molecule has 0 unspecified atom stereocenters. The van der Waals surface area contributed by atoms with Crippen molar-refractivity contribution in [1.29, 1.82) is 0 Å². The molecule has 33 heavy (non-hydrogen) atoms. The number of hydrogen-bond donors (Lipinski definition) is 1. The quantitative estimate of drug-likeness (QED) is 0.582. The zero-order valence-electron chi connectivity index (χ0n) is 19.1. The molecule has 0 spiro atoms. The normalized spacial score (nSPS) is 20.5. The molecule has 172 valence electrons. The fourth-order valence-electron chi connectivity index (χ4n) is 4.67. The summed E-state index contributed by atoms with van der Waals surface area (Å²) < 4.78 is 7.94. The lowest BCUT2D eigenvalue weighted by atomic mass is 9.87. The van der Waals surface area contributed by atoms with Crippen LogP contribution in [0.15, 0.2) is 30.5 Å². The van der Waals surface area contributed by atoms with E-state index in [1.807, 2.05) is 32.3 Å². The molecule has 5 rings (SSSR count). The van der Waals surface area contributed by atoms with Crippen LogP contribution in [0.3, 0.4) is 0 Å². The molecule has 2 aliphatic carbocycles. The molecular weight excluding hydrogens is 418 g/mol. The second-order valence-electron chi connectivity index (χ2n) is 9.26. The first-order valence-electron chi connectivity index (χ1n) is 11.7. The lowest BCUT2D eigenvalue weighted by Gasteiger charge is -2.27. The van der Waals surface area contributed by atoms with Gasteiger partial charge in [0.2, 0.25) is 0 Å². The van der Waals surface area contributed by atoms with E-state index in [2.05, 4.69) is 27.4 Å². The molecule has 3 heterocycles. The highest BCUT2D eigenvalue weighted by Crippen LogP contribution is 2.40. The molecule has 0 amide bonds. The smallest absolute Gasteiger partial charge is 0.306 e. The molecule has 0 radical (unpaired) electrons. The number of carboxylic acid groups (broad SMARTS) is 1. The van der Waals surface area contributed by atoms with Crippen molar-refractivity contribution < 1.29 is 14.6 Å². The van der Waals surface area contributed by atoms with E-state index < -0.39 is 5.97 Å². The number of aromatic nitrogens is 5. The summed E-state index contributed by atoms with van der Waals surface area (Å²) in [7, 11) is 1.89. The van der Waals surface area contributed by atoms with Crippen molar-refractivity contribution in [2.75, 3.05) is 0 Å². The van der Waals surface area contributed by atoms with Crippen molar-refractivity contribution in [2.45, 2.75) is 63.9 Å². The first-order valence-corrected chi connectivity index (χ1v) is 11.7. The van der Waals surface area contributed by atoms with Gasteiger partial charge in [-0.1, -0.05) is 5.21 Å². The SMILES string of the molecule is Cc1nc(-c2nnn(C)c2Cc2cc(C3CC3)ccn2)ccc1O[C@H]1CCC[C@H](C(=O)O)C1. The summed E-state index contributed by atoms with van der Waals surface area (Å²) in [5.74, 6) is 0.313. The van der Waals surface area contributed by atoms with Crippen LogP contribution >= 0.6 is 0 Å². The topological polar surface area (TPSA) is 103 Å². The van der Waals surface area contributed by atoms with Gasteiger partial charge in [-0.2, -0.15) is 0 Å². The molecule has 2 aliphatic rings. The number of carbonyl (C=O) groups is 1. The Labute approximate surface area is 193 Å². The van der Waals surface area contributed by atoms with Gasteiger partial charge in [0, 0.05) is 25.4 Å². The third kappa shape index (κ3) is 4.74. The summed E-state index contributed by atoms with van der Waals surface area (Å²) in [6.45, 7) is 1.91. The fraction of sp³-hybridized carbons (Fsp3) is 0.480. The predicted octanol–water partition coefficient (Wildman–Crippen LogP) is 4.07. The van der Waals surface area contributed by atoms with Gasteiger partial charge in [0.25, 0.3) is 0 Å². The molecular formula is C25H29N5O3. The third-order valence-corrected chi connectivity index (χ3v) is 6.73. The monoisotopic (exact) mass is 447 g/mol. The molecule has 3 aromatic heterocycles. The summed E-state index contributed by atoms with van der Waals surface area (Å²) in [4.78, 5) is 20.7. The minimum absolute atomic E-state index is 0.0944. The number of aryl methyl sites for hydroxylation is 2. The van der Waals surface area contributed by atoms with Crippen LogP contribution in [0.1, 0.15) is 67.1 Å². The van der Waals surface area contributed by atoms with Crippen LogP contribution in [-0.4, -0.2) is 42.1 Å². The molecule has 2 atom stereocenters. The van der Waals surface area contributed by atoms with Crippen molar-refractivity contribution in [3.05, 3.63) is 53.1 Å². The summed E-state index contributed by atoms with van der Waals surface area (Å²) in [6.07, 6.45) is 7.95. The molecule has 2 fully saturated rings. The Hall–Kier alpha value is -3.29. The lowest BCUT2D eigenvalue weighted by Crippen LogP contribution is -2.29. The predicted molar refractivity (Wildman–Crippen MR) is 122 cm³/mol. The summed E-state index contributed by atoms with van der Waals surface area (Å²) in [6, 6.07) is 8.12. The summed E-state index contributed by atoms with van der Waals surface area (Å²) in [5, 5.41) is 18.0. The Balaban J connectivity index is 1.34. The van der Waals surface area contributed by atoms with Gasteiger partial charge in [-0.15, -0.1) is 5.10 Å². The standard InChI is InChI=1S/C25H29N5O3/c1-15-23(33-20-5-3-4-18(13-20)25(31)32)9-8-21(27-15)24-22(30(2)29-28-24)14-19-12-17(10-11-26-19)16-6-7-16/h8-12,16,18,20H,3-7,13-14H2,1-2H3,(H,31,32)/t18-,20-/m0/s1. The maximum atomic E-state index is 11.4. The average molecular weight is 448 g/mol. The number of pyridine rings is 2. The number of aliphatic carboxylic acids is 1. The van der Waals surface area contributed by atoms with Gasteiger partial charge < -0.3 is 9.84 Å². The molecule has 0 aliphatic heterocycles. The Kier molecular flexibility index (Phi) is 5.83. The molecule has 3 aromatic rings. The van der Waals surface area contributed by atoms with Crippen molar-refractivity contribution >= 4 is 5.97 Å². The molecule has 1 N–H and O–H groups in total. The van der Waals surface area contributed by atoms with E-state index in [0.29, 0.717) is 24.5 Å². The van der Waals surface area contributed by atoms with Gasteiger partial charge in [-0.3, -0.25) is 14.5 Å². The van der Waals surface area contributed by atoms with Crippen molar-refractivity contribution in [3.8, 4) is 17.1 Å². The number of carboxylic acids is 1. The highest BCUT2D eigenvalue weighted by atomic mass is 16.5. The summed E-state index contributed by atoms with van der Waals surface area (Å²) >= 11 is 0. The van der Waals surface area contributed by atoms with Crippen molar-refractivity contribution in [3.63, 3.8) is 0 Å². The number of rotatable bonds is 7. The fourth-order valence-corrected chi connectivity index (χ4v) is 4.67. The van der Waals surface area contributed by atoms with Gasteiger partial charge in [-0.25, -0.2) is 4.98 Å². The van der Waals surface area contributed by atoms with E-state index in [1.165, 1.54) is 18.4 Å². The number of hydrogen-bond acceptors (Lipinski definition) is 6. The highest BCUT2D eigenvalue weighted by Gasteiger charge is 2.29. The average Bonchev–Trinajstić information content (AvgIpc) is 3.60. The highest BCUT2D eigenvalue weighted by molar-refractivity contribution is 5.70. The maximum Gasteiger partial charge on any atom is 0.306 e. The van der Waals surface area contributed by atoms with Crippen LogP contribution in [0.2, 0.25) is 0 Å². The molecule has 2 saturated carbocycles. The molecule has 0 aromatic carbocycles. The van der Waals surface area contributed by atoms with E-state index >= 15 is 0 Å². The maximum absolute atomic E-state index is 11.4. The van der Waals surface area contributed by atoms with E-state index in [0.717, 1.165) is 47.7 Å². The van der Waals surface area contributed by atoms with Gasteiger partial charge in [0.1, 0.15) is 11.4 Å². The van der Waals surface area contributed by atoms with Gasteiger partial charge in [0.05, 0.1) is 29.1 Å². The lowest BCUT2D eigenvalue weighted by molar-refractivity contribution is -0.143. The van der Waals surface area contributed by atoms with E-state index in [4.69, 9.17) is 9.72 Å².